The second kappa shape index (κ2) is 5.64. The molecule has 23 heavy (non-hydrogen) atoms. The molecule has 3 rings (SSSR count). The maximum Gasteiger partial charge on any atom is 0.407 e. The molecule has 0 bridgehead atoms. The van der Waals surface area contributed by atoms with E-state index in [4.69, 9.17) is 14.8 Å². The molecule has 118 valence electrons. The average Bonchev–Trinajstić information content (AvgIpc) is 3.06. The molecule has 2 aromatic heterocycles. The van der Waals surface area contributed by atoms with Gasteiger partial charge in [0.25, 0.3) is 5.89 Å². The second-order valence-corrected chi connectivity index (χ2v) is 5.23. The van der Waals surface area contributed by atoms with E-state index < -0.39 is 11.8 Å². The first-order valence-electron chi connectivity index (χ1n) is 6.89. The van der Waals surface area contributed by atoms with E-state index in [9.17, 15) is 4.79 Å². The van der Waals surface area contributed by atoms with Crippen LogP contribution in [0, 0.1) is 11.3 Å². The van der Waals surface area contributed by atoms with Crippen molar-refractivity contribution in [3.8, 4) is 17.5 Å². The Hall–Kier alpha value is -3.02. The summed E-state index contributed by atoms with van der Waals surface area (Å²) >= 11 is 0. The number of hydrogen-bond donors (Lipinski definition) is 1. The molecule has 0 radical (unpaired) electrons. The van der Waals surface area contributed by atoms with Crippen LogP contribution >= 0.6 is 0 Å². The van der Waals surface area contributed by atoms with Gasteiger partial charge in [-0.3, -0.25) is 0 Å². The molecule has 1 aliphatic rings. The van der Waals surface area contributed by atoms with E-state index in [-0.39, 0.29) is 37.0 Å². The number of carboxylic acid groups (broad SMARTS) is 1. The van der Waals surface area contributed by atoms with Crippen molar-refractivity contribution in [2.75, 3.05) is 13.1 Å². The van der Waals surface area contributed by atoms with Gasteiger partial charge in [-0.15, -0.1) is 10.2 Å². The SMILES string of the molecule is N#Cc1cc(-c2nnc(C3(F)CCCN(C(=O)O)C3)o2)ccn1. The third kappa shape index (κ3) is 2.83. The van der Waals surface area contributed by atoms with Gasteiger partial charge in [0.1, 0.15) is 11.8 Å². The Morgan fingerprint density at radius 1 is 1.52 bits per heavy atom. The lowest BCUT2D eigenvalue weighted by Gasteiger charge is -2.33. The van der Waals surface area contributed by atoms with Crippen LogP contribution in [-0.4, -0.2) is 44.4 Å². The minimum Gasteiger partial charge on any atom is -0.465 e. The Kier molecular flexibility index (Phi) is 3.65. The fourth-order valence-electron chi connectivity index (χ4n) is 2.49. The van der Waals surface area contributed by atoms with Gasteiger partial charge in [0.15, 0.2) is 0 Å². The van der Waals surface area contributed by atoms with Crippen LogP contribution < -0.4 is 0 Å². The van der Waals surface area contributed by atoms with E-state index in [2.05, 4.69) is 15.2 Å². The van der Waals surface area contributed by atoms with Gasteiger partial charge < -0.3 is 14.4 Å². The van der Waals surface area contributed by atoms with Gasteiger partial charge in [0, 0.05) is 18.3 Å². The number of alkyl halides is 1. The number of halogens is 1. The zero-order chi connectivity index (χ0) is 16.4. The number of hydrogen-bond acceptors (Lipinski definition) is 6. The van der Waals surface area contributed by atoms with Crippen molar-refractivity contribution >= 4 is 6.09 Å². The van der Waals surface area contributed by atoms with Crippen LogP contribution in [0.4, 0.5) is 9.18 Å². The number of pyridine rings is 1. The molecule has 0 aromatic carbocycles. The van der Waals surface area contributed by atoms with Crippen molar-refractivity contribution in [1.29, 1.82) is 5.26 Å². The van der Waals surface area contributed by atoms with Gasteiger partial charge in [-0.25, -0.2) is 14.2 Å². The van der Waals surface area contributed by atoms with Crippen LogP contribution in [0.1, 0.15) is 24.4 Å². The number of nitriles is 1. The maximum atomic E-state index is 15.0. The van der Waals surface area contributed by atoms with Crippen molar-refractivity contribution < 1.29 is 18.7 Å². The molecule has 3 heterocycles. The monoisotopic (exact) mass is 317 g/mol. The maximum absolute atomic E-state index is 15.0. The van der Waals surface area contributed by atoms with Crippen LogP contribution in [0.5, 0.6) is 0 Å². The zero-order valence-electron chi connectivity index (χ0n) is 11.9. The molecule has 1 aliphatic heterocycles. The summed E-state index contributed by atoms with van der Waals surface area (Å²) in [7, 11) is 0. The summed E-state index contributed by atoms with van der Waals surface area (Å²) in [5.41, 5.74) is -1.38. The lowest BCUT2D eigenvalue weighted by Crippen LogP contribution is -2.46. The third-order valence-corrected chi connectivity index (χ3v) is 3.64. The van der Waals surface area contributed by atoms with E-state index in [1.807, 2.05) is 6.07 Å². The van der Waals surface area contributed by atoms with Gasteiger partial charge in [-0.05, 0) is 25.0 Å². The summed E-state index contributed by atoms with van der Waals surface area (Å²) in [5, 5.41) is 25.4. The number of rotatable bonds is 2. The molecule has 1 atom stereocenters. The average molecular weight is 317 g/mol. The Morgan fingerprint density at radius 3 is 3.09 bits per heavy atom. The number of amides is 1. The number of piperidine rings is 1. The molecule has 0 spiro atoms. The van der Waals surface area contributed by atoms with Crippen LogP contribution in [0.15, 0.2) is 22.7 Å². The predicted octanol–water partition coefficient (Wildman–Crippen LogP) is 1.94. The molecule has 1 unspecified atom stereocenters. The smallest absolute Gasteiger partial charge is 0.407 e. The van der Waals surface area contributed by atoms with E-state index in [1.54, 1.807) is 6.07 Å². The van der Waals surface area contributed by atoms with E-state index in [1.165, 1.54) is 12.3 Å². The highest BCUT2D eigenvalue weighted by atomic mass is 19.1. The molecule has 0 saturated carbocycles. The lowest BCUT2D eigenvalue weighted by molar-refractivity contribution is 0.0239. The number of aromatic nitrogens is 3. The largest absolute Gasteiger partial charge is 0.465 e. The van der Waals surface area contributed by atoms with E-state index in [0.29, 0.717) is 12.0 Å². The first-order chi connectivity index (χ1) is 11.0. The highest BCUT2D eigenvalue weighted by Crippen LogP contribution is 2.36. The van der Waals surface area contributed by atoms with E-state index >= 15 is 4.39 Å². The molecule has 2 aromatic rings. The summed E-state index contributed by atoms with van der Waals surface area (Å²) in [4.78, 5) is 15.8. The molecule has 9 heteroatoms. The molecule has 0 aliphatic carbocycles. The summed E-state index contributed by atoms with van der Waals surface area (Å²) in [5.74, 6) is -0.197. The topological polar surface area (TPSA) is 116 Å². The summed E-state index contributed by atoms with van der Waals surface area (Å²) in [6.07, 6.45) is 0.710. The fourth-order valence-corrected chi connectivity index (χ4v) is 2.49. The highest BCUT2D eigenvalue weighted by Gasteiger charge is 2.43. The van der Waals surface area contributed by atoms with Crippen LogP contribution in [0.2, 0.25) is 0 Å². The molecule has 1 amide bonds. The summed E-state index contributed by atoms with van der Waals surface area (Å²) in [6, 6.07) is 4.90. The Balaban J connectivity index is 1.89. The number of nitrogens with zero attached hydrogens (tertiary/aromatic N) is 5. The van der Waals surface area contributed by atoms with Crippen molar-refractivity contribution in [3.63, 3.8) is 0 Å². The van der Waals surface area contributed by atoms with Crippen molar-refractivity contribution in [1.82, 2.24) is 20.1 Å². The Labute approximate surface area is 130 Å². The molecular formula is C14H12FN5O3. The third-order valence-electron chi connectivity index (χ3n) is 3.64. The molecule has 8 nitrogen and oxygen atoms in total. The quantitative estimate of drug-likeness (QED) is 0.899. The second-order valence-electron chi connectivity index (χ2n) is 5.23. The van der Waals surface area contributed by atoms with E-state index in [0.717, 1.165) is 4.90 Å². The summed E-state index contributed by atoms with van der Waals surface area (Å²) < 4.78 is 20.4. The fraction of sp³-hybridized carbons (Fsp3) is 0.357. The standard InChI is InChI=1S/C14H12FN5O3/c15-14(3-1-5-20(8-14)13(21)22)12-19-18-11(23-12)9-2-4-17-10(6-9)7-16/h2,4,6H,1,3,5,8H2,(H,21,22). The normalized spacial score (nSPS) is 21.0. The Bertz CT molecular complexity index is 787. The van der Waals surface area contributed by atoms with Crippen LogP contribution in [0.25, 0.3) is 11.5 Å². The van der Waals surface area contributed by atoms with Gasteiger partial charge in [-0.2, -0.15) is 5.26 Å². The van der Waals surface area contributed by atoms with Gasteiger partial charge >= 0.3 is 6.09 Å². The first-order valence-corrected chi connectivity index (χ1v) is 6.89. The van der Waals surface area contributed by atoms with Crippen LogP contribution in [-0.2, 0) is 5.67 Å². The lowest BCUT2D eigenvalue weighted by atomic mass is 9.95. The van der Waals surface area contributed by atoms with Gasteiger partial charge in [0.2, 0.25) is 11.6 Å². The molecular weight excluding hydrogens is 305 g/mol. The highest BCUT2D eigenvalue weighted by molar-refractivity contribution is 5.65. The van der Waals surface area contributed by atoms with Crippen LogP contribution in [0.3, 0.4) is 0 Å². The van der Waals surface area contributed by atoms with Gasteiger partial charge in [-0.1, -0.05) is 0 Å². The molecule has 1 saturated heterocycles. The minimum atomic E-state index is -2.01. The number of likely N-dealkylation sites (tertiary alicyclic amines) is 1. The summed E-state index contributed by atoms with van der Waals surface area (Å²) in [6.45, 7) is -0.0678. The first kappa shape index (κ1) is 14.9. The van der Waals surface area contributed by atoms with Crippen molar-refractivity contribution in [2.24, 2.45) is 0 Å². The predicted molar refractivity (Wildman–Crippen MR) is 73.9 cm³/mol. The molecule has 1 N–H and O–H groups in total. The van der Waals surface area contributed by atoms with Crippen molar-refractivity contribution in [2.45, 2.75) is 18.5 Å². The molecule has 1 fully saturated rings. The van der Waals surface area contributed by atoms with Crippen molar-refractivity contribution in [3.05, 3.63) is 29.9 Å². The minimum absolute atomic E-state index is 0.0587. The zero-order valence-corrected chi connectivity index (χ0v) is 11.9. The van der Waals surface area contributed by atoms with Gasteiger partial charge in [0.05, 0.1) is 6.54 Å². The number of carbonyl (C=O) groups is 1. The Morgan fingerprint density at radius 2 is 2.35 bits per heavy atom.